The maximum atomic E-state index is 11.9. The summed E-state index contributed by atoms with van der Waals surface area (Å²) in [5.41, 5.74) is 2.24. The average Bonchev–Trinajstić information content (AvgIpc) is 3.09. The van der Waals surface area contributed by atoms with Crippen molar-refractivity contribution < 1.29 is 20.1 Å². The van der Waals surface area contributed by atoms with Crippen molar-refractivity contribution in [2.24, 2.45) is 9.98 Å². The monoisotopic (exact) mass is 694 g/mol. The van der Waals surface area contributed by atoms with Crippen molar-refractivity contribution in [3.8, 4) is 22.6 Å². The molecule has 0 fully saturated rings. The number of non-ortho nitro benzene ring substituents is 2. The van der Waals surface area contributed by atoms with Gasteiger partial charge in [0, 0.05) is 70.1 Å². The van der Waals surface area contributed by atoms with E-state index in [2.05, 4.69) is 0 Å². The van der Waals surface area contributed by atoms with Gasteiger partial charge in [0.15, 0.2) is 0 Å². The molecule has 6 aromatic carbocycles. The van der Waals surface area contributed by atoms with Gasteiger partial charge in [-0.1, -0.05) is 102 Å². The summed E-state index contributed by atoms with van der Waals surface area (Å²) in [6.45, 7) is 11.2. The number of benzene rings is 6. The Bertz CT molecular complexity index is 2300. The van der Waals surface area contributed by atoms with E-state index in [1.807, 2.05) is 114 Å². The maximum absolute atomic E-state index is 11.9. The van der Waals surface area contributed by atoms with E-state index >= 15 is 0 Å². The third kappa shape index (κ3) is 6.83. The van der Waals surface area contributed by atoms with Gasteiger partial charge in [-0.05, 0) is 44.5 Å². The first-order valence-corrected chi connectivity index (χ1v) is 16.7. The highest BCUT2D eigenvalue weighted by Gasteiger charge is 2.26. The molecule has 6 aromatic rings. The van der Waals surface area contributed by atoms with Crippen LogP contribution in [0.25, 0.3) is 32.7 Å². The number of aliphatic imine (C=N–C) groups is 2. The summed E-state index contributed by atoms with van der Waals surface area (Å²) in [6.07, 6.45) is 2.88. The van der Waals surface area contributed by atoms with Gasteiger partial charge in [-0.25, -0.2) is 0 Å². The van der Waals surface area contributed by atoms with E-state index < -0.39 is 20.7 Å². The van der Waals surface area contributed by atoms with Crippen molar-refractivity contribution in [3.05, 3.63) is 140 Å². The molecule has 0 bridgehead atoms. The van der Waals surface area contributed by atoms with Crippen molar-refractivity contribution in [2.75, 3.05) is 0 Å². The minimum absolute atomic E-state index is 0.0916. The normalized spacial score (nSPS) is 12.3. The predicted octanol–water partition coefficient (Wildman–Crippen LogP) is 11.0. The Hall–Kier alpha value is -6.42. The van der Waals surface area contributed by atoms with Gasteiger partial charge in [0.05, 0.1) is 21.2 Å². The summed E-state index contributed by atoms with van der Waals surface area (Å²) in [6, 6.07) is 28.6. The van der Waals surface area contributed by atoms with Gasteiger partial charge >= 0.3 is 0 Å². The molecule has 0 aliphatic carbocycles. The first kappa shape index (κ1) is 35.4. The highest BCUT2D eigenvalue weighted by atomic mass is 16.6. The Morgan fingerprint density at radius 3 is 1.27 bits per heavy atom. The lowest BCUT2D eigenvalue weighted by Crippen LogP contribution is -2.12. The molecular weight excluding hydrogens is 656 g/mol. The lowest BCUT2D eigenvalue weighted by molar-refractivity contribution is -0.385. The van der Waals surface area contributed by atoms with Crippen LogP contribution in [0.15, 0.2) is 107 Å². The molecule has 0 atom stereocenters. The molecule has 0 spiro atoms. The van der Waals surface area contributed by atoms with Crippen molar-refractivity contribution in [2.45, 2.75) is 52.4 Å². The predicted molar refractivity (Wildman–Crippen MR) is 208 cm³/mol. The van der Waals surface area contributed by atoms with Gasteiger partial charge in [-0.15, -0.1) is 0 Å². The second kappa shape index (κ2) is 13.4. The van der Waals surface area contributed by atoms with Gasteiger partial charge in [0.2, 0.25) is 0 Å². The third-order valence-electron chi connectivity index (χ3n) is 9.04. The number of fused-ring (bicyclic) bond motifs is 2. The van der Waals surface area contributed by atoms with Gasteiger partial charge in [-0.3, -0.25) is 30.2 Å². The molecule has 0 aromatic heterocycles. The van der Waals surface area contributed by atoms with Crippen LogP contribution in [-0.2, 0) is 10.8 Å². The minimum atomic E-state index is -0.579. The molecule has 0 heterocycles. The van der Waals surface area contributed by atoms with Crippen LogP contribution in [0.1, 0.15) is 63.8 Å². The molecule has 0 radical (unpaired) electrons. The zero-order valence-electron chi connectivity index (χ0n) is 29.7. The fourth-order valence-electron chi connectivity index (χ4n) is 6.37. The molecule has 10 nitrogen and oxygen atoms in total. The summed E-state index contributed by atoms with van der Waals surface area (Å²) in [7, 11) is 0. The average molecular weight is 695 g/mol. The van der Waals surface area contributed by atoms with Crippen LogP contribution in [-0.4, -0.2) is 32.5 Å². The molecule has 0 aliphatic heterocycles. The highest BCUT2D eigenvalue weighted by Crippen LogP contribution is 2.46. The zero-order chi connectivity index (χ0) is 37.5. The smallest absolute Gasteiger partial charge is 0.270 e. The van der Waals surface area contributed by atoms with E-state index in [4.69, 9.17) is 9.98 Å². The van der Waals surface area contributed by atoms with Gasteiger partial charge in [0.25, 0.3) is 11.4 Å². The first-order valence-electron chi connectivity index (χ1n) is 16.7. The van der Waals surface area contributed by atoms with Crippen LogP contribution >= 0.6 is 0 Å². The van der Waals surface area contributed by atoms with Crippen molar-refractivity contribution in [1.82, 2.24) is 0 Å². The van der Waals surface area contributed by atoms with Gasteiger partial charge in [-0.2, -0.15) is 0 Å². The maximum Gasteiger partial charge on any atom is 0.270 e. The third-order valence-corrected chi connectivity index (χ3v) is 9.04. The van der Waals surface area contributed by atoms with E-state index in [-0.39, 0.29) is 34.0 Å². The minimum Gasteiger partial charge on any atom is -0.507 e. The number of nitro benzene ring substituents is 2. The number of phenols is 2. The standard InChI is InChI=1S/C42H38N4O6/c1-41(2,3)33-21-29(45(49)50)19-27(39(33)47)23-43-35-17-15-25-11-7-9-13-31(25)37(35)38-32-14-10-8-12-26(32)16-18-36(38)44-24-28-20-30(46(51)52)22-34(40(28)48)42(4,5)6/h7-24,47-48H,1-6H3. The lowest BCUT2D eigenvalue weighted by atomic mass is 9.85. The summed E-state index contributed by atoms with van der Waals surface area (Å²) < 4.78 is 0. The van der Waals surface area contributed by atoms with Crippen molar-refractivity contribution >= 4 is 56.7 Å². The first-order chi connectivity index (χ1) is 24.5. The molecule has 0 unspecified atom stereocenters. The SMILES string of the molecule is CC(C)(C)c1cc([N+](=O)[O-])cc(C=Nc2ccc3ccccc3c2-c2c(N=Cc3cc([N+](=O)[O-])cc(C(C)(C)C)c3O)ccc3ccccc23)c1O. The second-order valence-corrected chi connectivity index (χ2v) is 14.8. The summed E-state index contributed by atoms with van der Waals surface area (Å²) in [5.74, 6) is -0.183. The fourth-order valence-corrected chi connectivity index (χ4v) is 6.37. The number of nitro groups is 2. The molecule has 0 saturated heterocycles. The Labute approximate surface area is 300 Å². The second-order valence-electron chi connectivity index (χ2n) is 14.8. The van der Waals surface area contributed by atoms with E-state index in [0.717, 1.165) is 32.7 Å². The van der Waals surface area contributed by atoms with Crippen LogP contribution in [0, 0.1) is 20.2 Å². The molecule has 2 N–H and O–H groups in total. The van der Waals surface area contributed by atoms with Crippen LogP contribution in [0.2, 0.25) is 0 Å². The van der Waals surface area contributed by atoms with Crippen LogP contribution in [0.5, 0.6) is 11.5 Å². The number of hydrogen-bond donors (Lipinski definition) is 2. The topological polar surface area (TPSA) is 151 Å². The molecule has 52 heavy (non-hydrogen) atoms. The molecule has 0 saturated carbocycles. The number of rotatable bonds is 7. The number of nitrogens with zero attached hydrogens (tertiary/aromatic N) is 4. The number of phenolic OH excluding ortho intramolecular Hbond substituents is 2. The van der Waals surface area contributed by atoms with Gasteiger partial charge < -0.3 is 10.2 Å². The van der Waals surface area contributed by atoms with Crippen LogP contribution in [0.4, 0.5) is 22.7 Å². The van der Waals surface area contributed by atoms with Gasteiger partial charge in [0.1, 0.15) is 11.5 Å². The largest absolute Gasteiger partial charge is 0.507 e. The van der Waals surface area contributed by atoms with Crippen LogP contribution < -0.4 is 0 Å². The zero-order valence-corrected chi connectivity index (χ0v) is 29.7. The molecular formula is C42H38N4O6. The highest BCUT2D eigenvalue weighted by molar-refractivity contribution is 6.13. The molecule has 6 rings (SSSR count). The molecule has 0 aliphatic rings. The summed E-state index contributed by atoms with van der Waals surface area (Å²) in [4.78, 5) is 32.5. The summed E-state index contributed by atoms with van der Waals surface area (Å²) in [5, 5.41) is 49.9. The Kier molecular flexibility index (Phi) is 9.10. The quantitative estimate of drug-likeness (QED) is 0.0963. The van der Waals surface area contributed by atoms with Crippen molar-refractivity contribution in [1.29, 1.82) is 0 Å². The summed E-state index contributed by atoms with van der Waals surface area (Å²) >= 11 is 0. The van der Waals surface area contributed by atoms with E-state index in [1.54, 1.807) is 0 Å². The fraction of sp³-hybridized carbons (Fsp3) is 0.190. The number of hydrogen-bond acceptors (Lipinski definition) is 8. The van der Waals surface area contributed by atoms with Crippen LogP contribution in [0.3, 0.4) is 0 Å². The molecule has 0 amide bonds. The lowest BCUT2D eigenvalue weighted by Gasteiger charge is -2.21. The van der Waals surface area contributed by atoms with E-state index in [9.17, 15) is 30.4 Å². The van der Waals surface area contributed by atoms with Crippen molar-refractivity contribution in [3.63, 3.8) is 0 Å². The molecule has 262 valence electrons. The van der Waals surface area contributed by atoms with E-state index in [1.165, 1.54) is 36.7 Å². The Morgan fingerprint density at radius 1 is 0.558 bits per heavy atom. The number of aromatic hydroxyl groups is 2. The Morgan fingerprint density at radius 2 is 0.923 bits per heavy atom. The molecule has 10 heteroatoms. The Balaban J connectivity index is 1.62. The van der Waals surface area contributed by atoms with E-state index in [0.29, 0.717) is 22.5 Å².